The molecule has 1 N–H and O–H groups in total. The third-order valence-corrected chi connectivity index (χ3v) is 3.87. The second-order valence-electron chi connectivity index (χ2n) is 4.33. The van der Waals surface area contributed by atoms with Crippen molar-refractivity contribution in [2.75, 3.05) is 5.75 Å². The van der Waals surface area contributed by atoms with E-state index < -0.39 is 5.97 Å². The van der Waals surface area contributed by atoms with E-state index in [2.05, 4.69) is 0 Å². The molecule has 0 unspecified atom stereocenters. The van der Waals surface area contributed by atoms with Gasteiger partial charge in [-0.2, -0.15) is 0 Å². The number of rotatable bonds is 4. The quantitative estimate of drug-likeness (QED) is 0.768. The Hall–Kier alpha value is -0.100. The SMILES string of the molecule is CC(=O)O.CC(C)N(C(=O)SCC(Cl)=C(Cl)Cl)C(C)C. The van der Waals surface area contributed by atoms with Crippen LogP contribution in [0.1, 0.15) is 34.6 Å². The maximum atomic E-state index is 11.9. The van der Waals surface area contributed by atoms with Crippen molar-refractivity contribution in [3.8, 4) is 0 Å². The number of halogens is 3. The van der Waals surface area contributed by atoms with E-state index in [-0.39, 0.29) is 21.8 Å². The number of thioether (sulfide) groups is 1. The smallest absolute Gasteiger partial charge is 0.300 e. The van der Waals surface area contributed by atoms with Crippen molar-refractivity contribution < 1.29 is 14.7 Å². The van der Waals surface area contributed by atoms with Crippen LogP contribution in [0.15, 0.2) is 9.52 Å². The summed E-state index contributed by atoms with van der Waals surface area (Å²) in [7, 11) is 0. The highest BCUT2D eigenvalue weighted by atomic mass is 35.5. The van der Waals surface area contributed by atoms with Gasteiger partial charge in [0.1, 0.15) is 4.49 Å². The van der Waals surface area contributed by atoms with Crippen LogP contribution in [0.5, 0.6) is 0 Å². The fourth-order valence-corrected chi connectivity index (χ4v) is 2.69. The van der Waals surface area contributed by atoms with Crippen molar-refractivity contribution >= 4 is 57.8 Å². The number of hydrogen-bond donors (Lipinski definition) is 1. The normalized spacial score (nSPS) is 9.90. The zero-order valence-electron chi connectivity index (χ0n) is 12.1. The Morgan fingerprint density at radius 3 is 1.70 bits per heavy atom. The van der Waals surface area contributed by atoms with E-state index in [1.54, 1.807) is 4.90 Å². The molecule has 0 aromatic carbocycles. The Morgan fingerprint density at radius 1 is 1.10 bits per heavy atom. The van der Waals surface area contributed by atoms with Gasteiger partial charge in [-0.1, -0.05) is 46.6 Å². The van der Waals surface area contributed by atoms with Gasteiger partial charge in [-0.05, 0) is 27.7 Å². The van der Waals surface area contributed by atoms with Gasteiger partial charge in [0.05, 0.1) is 5.03 Å². The van der Waals surface area contributed by atoms with Crippen LogP contribution in [0.25, 0.3) is 0 Å². The molecule has 118 valence electrons. The van der Waals surface area contributed by atoms with Crippen molar-refractivity contribution in [2.45, 2.75) is 46.7 Å². The van der Waals surface area contributed by atoms with Gasteiger partial charge >= 0.3 is 0 Å². The average Bonchev–Trinajstić information content (AvgIpc) is 2.23. The van der Waals surface area contributed by atoms with Crippen molar-refractivity contribution in [3.63, 3.8) is 0 Å². The summed E-state index contributed by atoms with van der Waals surface area (Å²) < 4.78 is 0.0163. The molecule has 0 aliphatic carbocycles. The highest BCUT2D eigenvalue weighted by Crippen LogP contribution is 2.24. The summed E-state index contributed by atoms with van der Waals surface area (Å²) in [4.78, 5) is 22.7. The summed E-state index contributed by atoms with van der Waals surface area (Å²) in [5, 5.41) is 7.70. The predicted octanol–water partition coefficient (Wildman–Crippen LogP) is 4.93. The summed E-state index contributed by atoms with van der Waals surface area (Å²) in [6, 6.07) is 0.323. The van der Waals surface area contributed by atoms with E-state index in [1.165, 1.54) is 0 Å². The number of nitrogens with zero attached hydrogens (tertiary/aromatic N) is 1. The van der Waals surface area contributed by atoms with Crippen LogP contribution < -0.4 is 0 Å². The molecule has 0 saturated heterocycles. The molecule has 0 radical (unpaired) electrons. The zero-order valence-corrected chi connectivity index (χ0v) is 15.2. The first kappa shape index (κ1) is 22.2. The number of carboxylic acid groups (broad SMARTS) is 1. The van der Waals surface area contributed by atoms with Crippen LogP contribution >= 0.6 is 46.6 Å². The lowest BCUT2D eigenvalue weighted by Crippen LogP contribution is -2.39. The lowest BCUT2D eigenvalue weighted by molar-refractivity contribution is -0.134. The first-order chi connectivity index (χ1) is 9.00. The molecule has 8 heteroatoms. The highest BCUT2D eigenvalue weighted by Gasteiger charge is 2.20. The van der Waals surface area contributed by atoms with E-state index in [4.69, 9.17) is 44.7 Å². The van der Waals surface area contributed by atoms with E-state index in [0.29, 0.717) is 10.8 Å². The Morgan fingerprint density at radius 2 is 1.45 bits per heavy atom. The van der Waals surface area contributed by atoms with Crippen LogP contribution in [0.3, 0.4) is 0 Å². The average molecular weight is 365 g/mol. The number of aliphatic carboxylic acids is 1. The van der Waals surface area contributed by atoms with Gasteiger partial charge in [0.25, 0.3) is 11.2 Å². The molecule has 0 atom stereocenters. The Labute approximate surface area is 139 Å². The van der Waals surface area contributed by atoms with Gasteiger partial charge in [0, 0.05) is 24.8 Å². The summed E-state index contributed by atoms with van der Waals surface area (Å²) in [5.74, 6) is -0.529. The number of carbonyl (C=O) groups excluding carboxylic acids is 1. The molecule has 0 aliphatic heterocycles. The Kier molecular flexibility index (Phi) is 12.8. The third-order valence-electron chi connectivity index (χ3n) is 1.85. The van der Waals surface area contributed by atoms with Crippen LogP contribution in [-0.2, 0) is 4.79 Å². The summed E-state index contributed by atoms with van der Waals surface area (Å²) >= 11 is 17.8. The first-order valence-electron chi connectivity index (χ1n) is 5.84. The fourth-order valence-electron chi connectivity index (χ4n) is 1.27. The third kappa shape index (κ3) is 11.7. The van der Waals surface area contributed by atoms with E-state index >= 15 is 0 Å². The maximum absolute atomic E-state index is 11.9. The molecule has 0 aliphatic rings. The van der Waals surface area contributed by atoms with Gasteiger partial charge in [0.15, 0.2) is 0 Å². The minimum atomic E-state index is -0.833. The van der Waals surface area contributed by atoms with E-state index in [1.807, 2.05) is 27.7 Å². The molecular weight excluding hydrogens is 345 g/mol. The van der Waals surface area contributed by atoms with Crippen molar-refractivity contribution in [1.82, 2.24) is 4.90 Å². The van der Waals surface area contributed by atoms with Gasteiger partial charge < -0.3 is 10.0 Å². The molecule has 0 bridgehead atoms. The topological polar surface area (TPSA) is 57.6 Å². The second-order valence-corrected chi connectivity index (χ2v) is 6.67. The van der Waals surface area contributed by atoms with Gasteiger partial charge in [-0.15, -0.1) is 0 Å². The standard InChI is InChI=1S/C10H16Cl3NOS.C2H4O2/c1-6(2)14(7(3)4)10(15)16-5-8(11)9(12)13;1-2(3)4/h6-7H,5H2,1-4H3;1H3,(H,3,4). The fraction of sp³-hybridized carbons (Fsp3) is 0.667. The van der Waals surface area contributed by atoms with Crippen LogP contribution in [0, 0.1) is 0 Å². The van der Waals surface area contributed by atoms with E-state index in [9.17, 15) is 4.79 Å². The molecule has 0 saturated carbocycles. The molecule has 0 heterocycles. The molecule has 0 aromatic heterocycles. The van der Waals surface area contributed by atoms with Gasteiger partial charge in [0.2, 0.25) is 0 Å². The van der Waals surface area contributed by atoms with Crippen molar-refractivity contribution in [2.24, 2.45) is 0 Å². The van der Waals surface area contributed by atoms with Crippen molar-refractivity contribution in [3.05, 3.63) is 9.52 Å². The second kappa shape index (κ2) is 11.5. The molecule has 0 fully saturated rings. The minimum Gasteiger partial charge on any atom is -0.481 e. The molecule has 1 amide bonds. The monoisotopic (exact) mass is 363 g/mol. The van der Waals surface area contributed by atoms with E-state index in [0.717, 1.165) is 18.7 Å². The summed E-state index contributed by atoms with van der Waals surface area (Å²) in [6.07, 6.45) is 0. The van der Waals surface area contributed by atoms with Gasteiger partial charge in [-0.25, -0.2) is 0 Å². The molecule has 0 aromatic rings. The lowest BCUT2D eigenvalue weighted by atomic mass is 10.2. The number of amides is 1. The number of hydrogen-bond acceptors (Lipinski definition) is 3. The highest BCUT2D eigenvalue weighted by molar-refractivity contribution is 8.13. The molecule has 4 nitrogen and oxygen atoms in total. The van der Waals surface area contributed by atoms with Crippen LogP contribution in [0.4, 0.5) is 4.79 Å². The Balaban J connectivity index is 0. The minimum absolute atomic E-state index is 0.0160. The Bertz CT molecular complexity index is 344. The summed E-state index contributed by atoms with van der Waals surface area (Å²) in [5.41, 5.74) is 0. The lowest BCUT2D eigenvalue weighted by Gasteiger charge is -2.30. The van der Waals surface area contributed by atoms with Crippen LogP contribution in [-0.4, -0.2) is 39.1 Å². The summed E-state index contributed by atoms with van der Waals surface area (Å²) in [6.45, 7) is 8.99. The predicted molar refractivity (Wildman–Crippen MR) is 87.9 cm³/mol. The molecular formula is C12H20Cl3NO3S. The largest absolute Gasteiger partial charge is 0.481 e. The number of carboxylic acids is 1. The molecule has 0 spiro atoms. The van der Waals surface area contributed by atoms with Crippen molar-refractivity contribution in [1.29, 1.82) is 0 Å². The van der Waals surface area contributed by atoms with Gasteiger partial charge in [-0.3, -0.25) is 9.59 Å². The van der Waals surface area contributed by atoms with Crippen LogP contribution in [0.2, 0.25) is 0 Å². The first-order valence-corrected chi connectivity index (χ1v) is 7.96. The maximum Gasteiger partial charge on any atom is 0.300 e. The molecule has 20 heavy (non-hydrogen) atoms. The zero-order chi connectivity index (χ0) is 16.5. The molecule has 0 rings (SSSR count). The number of carbonyl (C=O) groups is 2.